The number of likely N-dealkylation sites (tertiary alicyclic amines) is 1. The van der Waals surface area contributed by atoms with E-state index in [2.05, 4.69) is 15.9 Å². The molecule has 0 bridgehead atoms. The summed E-state index contributed by atoms with van der Waals surface area (Å²) in [5, 5.41) is 11.1. The lowest BCUT2D eigenvalue weighted by atomic mass is 9.94. The van der Waals surface area contributed by atoms with E-state index in [1.807, 2.05) is 32.0 Å². The number of benzene rings is 2. The summed E-state index contributed by atoms with van der Waals surface area (Å²) < 4.78 is 6.23. The number of hydrogen-bond acceptors (Lipinski definition) is 4. The minimum atomic E-state index is -0.660. The average Bonchev–Trinajstić information content (AvgIpc) is 2.98. The largest absolute Gasteiger partial charge is 0.507 e. The van der Waals surface area contributed by atoms with Gasteiger partial charge in [-0.1, -0.05) is 47.5 Å². The van der Waals surface area contributed by atoms with Gasteiger partial charge in [-0.2, -0.15) is 0 Å². The zero-order chi connectivity index (χ0) is 21.1. The summed E-state index contributed by atoms with van der Waals surface area (Å²) in [7, 11) is 1.57. The zero-order valence-corrected chi connectivity index (χ0v) is 18.3. The fourth-order valence-electron chi connectivity index (χ4n) is 3.54. The topological polar surface area (TPSA) is 66.8 Å². The van der Waals surface area contributed by atoms with Gasteiger partial charge >= 0.3 is 0 Å². The van der Waals surface area contributed by atoms with Crippen molar-refractivity contribution in [2.24, 2.45) is 0 Å². The van der Waals surface area contributed by atoms with E-state index in [0.717, 1.165) is 28.4 Å². The molecule has 29 heavy (non-hydrogen) atoms. The number of ether oxygens (including phenoxy) is 1. The van der Waals surface area contributed by atoms with Gasteiger partial charge in [0.05, 0.1) is 18.7 Å². The van der Waals surface area contributed by atoms with Gasteiger partial charge < -0.3 is 14.7 Å². The second-order valence-electron chi connectivity index (χ2n) is 7.09. The summed E-state index contributed by atoms with van der Waals surface area (Å²) in [6.07, 6.45) is 1.66. The fourth-order valence-corrected chi connectivity index (χ4v) is 3.79. The highest BCUT2D eigenvalue weighted by atomic mass is 79.9. The third-order valence-electron chi connectivity index (χ3n) is 5.13. The molecule has 2 aromatic carbocycles. The van der Waals surface area contributed by atoms with E-state index in [9.17, 15) is 14.7 Å². The molecule has 2 aromatic rings. The van der Waals surface area contributed by atoms with E-state index < -0.39 is 17.7 Å². The Labute approximate surface area is 179 Å². The summed E-state index contributed by atoms with van der Waals surface area (Å²) >= 11 is 3.45. The van der Waals surface area contributed by atoms with Crippen LogP contribution in [-0.2, 0) is 9.59 Å². The summed E-state index contributed by atoms with van der Waals surface area (Å²) in [4.78, 5) is 27.3. The van der Waals surface area contributed by atoms with Gasteiger partial charge in [0.25, 0.3) is 11.7 Å². The monoisotopic (exact) mass is 457 g/mol. The predicted octanol–water partition coefficient (Wildman–Crippen LogP) is 4.99. The number of nitrogens with zero attached hydrogens (tertiary/aromatic N) is 1. The number of unbranched alkanes of at least 4 members (excludes halogenated alkanes) is 1. The third kappa shape index (κ3) is 4.08. The number of carbonyl (C=O) groups is 2. The number of amides is 1. The van der Waals surface area contributed by atoms with Gasteiger partial charge in [-0.3, -0.25) is 9.59 Å². The van der Waals surface area contributed by atoms with Crippen LogP contribution in [0.15, 0.2) is 52.5 Å². The summed E-state index contributed by atoms with van der Waals surface area (Å²) in [5.74, 6) is -0.775. The van der Waals surface area contributed by atoms with E-state index in [-0.39, 0.29) is 11.3 Å². The fraction of sp³-hybridized carbons (Fsp3) is 0.304. The molecule has 1 fully saturated rings. The van der Waals surface area contributed by atoms with Crippen LogP contribution in [0.5, 0.6) is 5.75 Å². The molecule has 1 unspecified atom stereocenters. The Morgan fingerprint density at radius 3 is 2.62 bits per heavy atom. The standard InChI is InChI=1S/C23H24BrNO4/c1-4-5-11-25-20(15-7-6-8-17(13-15)29-3)19(22(27)23(25)28)21(26)16-9-10-18(24)14(2)12-16/h6-10,12-13,20,26H,4-5,11H2,1-3H3/b21-19-. The first-order chi connectivity index (χ1) is 13.9. The molecular weight excluding hydrogens is 434 g/mol. The molecule has 1 amide bonds. The van der Waals surface area contributed by atoms with Gasteiger partial charge in [0.1, 0.15) is 11.5 Å². The van der Waals surface area contributed by atoms with E-state index in [4.69, 9.17) is 4.74 Å². The average molecular weight is 458 g/mol. The lowest BCUT2D eigenvalue weighted by Crippen LogP contribution is -2.30. The Kier molecular flexibility index (Phi) is 6.42. The number of methoxy groups -OCH3 is 1. The Morgan fingerprint density at radius 1 is 1.21 bits per heavy atom. The molecule has 0 spiro atoms. The van der Waals surface area contributed by atoms with E-state index in [1.54, 1.807) is 36.3 Å². The van der Waals surface area contributed by atoms with Crippen molar-refractivity contribution >= 4 is 33.4 Å². The first-order valence-electron chi connectivity index (χ1n) is 9.58. The number of aliphatic hydroxyl groups is 1. The minimum Gasteiger partial charge on any atom is -0.507 e. The number of aryl methyl sites for hydroxylation is 1. The van der Waals surface area contributed by atoms with Crippen molar-refractivity contribution in [1.29, 1.82) is 0 Å². The summed E-state index contributed by atoms with van der Waals surface area (Å²) in [6, 6.07) is 12.0. The summed E-state index contributed by atoms with van der Waals surface area (Å²) in [6.45, 7) is 4.38. The van der Waals surface area contributed by atoms with Crippen molar-refractivity contribution in [2.75, 3.05) is 13.7 Å². The van der Waals surface area contributed by atoms with Crippen LogP contribution in [0.25, 0.3) is 5.76 Å². The lowest BCUT2D eigenvalue weighted by Gasteiger charge is -2.25. The second-order valence-corrected chi connectivity index (χ2v) is 7.94. The molecule has 1 aliphatic heterocycles. The second kappa shape index (κ2) is 8.82. The lowest BCUT2D eigenvalue weighted by molar-refractivity contribution is -0.139. The van der Waals surface area contributed by atoms with Crippen molar-refractivity contribution in [2.45, 2.75) is 32.7 Å². The van der Waals surface area contributed by atoms with Crippen molar-refractivity contribution < 1.29 is 19.4 Å². The SMILES string of the molecule is CCCCN1C(=O)C(=O)/C(=C(\O)c2ccc(Br)c(C)c2)C1c1cccc(OC)c1. The van der Waals surface area contributed by atoms with Crippen LogP contribution in [0.1, 0.15) is 42.5 Å². The number of hydrogen-bond donors (Lipinski definition) is 1. The number of rotatable bonds is 6. The quantitative estimate of drug-likeness (QED) is 0.377. The third-order valence-corrected chi connectivity index (χ3v) is 6.02. The number of Topliss-reactive ketones (excluding diaryl/α,β-unsaturated/α-hetero) is 1. The number of halogens is 1. The maximum atomic E-state index is 12.9. The van der Waals surface area contributed by atoms with Gasteiger partial charge in [0.2, 0.25) is 0 Å². The molecule has 0 radical (unpaired) electrons. The molecule has 5 nitrogen and oxygen atoms in total. The van der Waals surface area contributed by atoms with Crippen LogP contribution < -0.4 is 4.74 Å². The van der Waals surface area contributed by atoms with Gasteiger partial charge in [-0.25, -0.2) is 0 Å². The van der Waals surface area contributed by atoms with Gasteiger partial charge in [-0.05, 0) is 48.7 Å². The van der Waals surface area contributed by atoms with E-state index in [0.29, 0.717) is 17.9 Å². The normalized spacial score (nSPS) is 18.3. The van der Waals surface area contributed by atoms with Crippen molar-refractivity contribution in [3.63, 3.8) is 0 Å². The molecule has 3 rings (SSSR count). The minimum absolute atomic E-state index is 0.112. The number of carbonyl (C=O) groups excluding carboxylic acids is 2. The molecule has 0 saturated carbocycles. The maximum absolute atomic E-state index is 12.9. The van der Waals surface area contributed by atoms with Crippen molar-refractivity contribution in [3.05, 3.63) is 69.2 Å². The van der Waals surface area contributed by atoms with E-state index in [1.165, 1.54) is 0 Å². The van der Waals surface area contributed by atoms with Crippen molar-refractivity contribution in [1.82, 2.24) is 4.90 Å². The van der Waals surface area contributed by atoms with Crippen LogP contribution in [-0.4, -0.2) is 35.4 Å². The molecule has 1 atom stereocenters. The molecule has 1 heterocycles. The van der Waals surface area contributed by atoms with Gasteiger partial charge in [0.15, 0.2) is 0 Å². The van der Waals surface area contributed by atoms with Gasteiger partial charge in [0, 0.05) is 16.6 Å². The smallest absolute Gasteiger partial charge is 0.295 e. The van der Waals surface area contributed by atoms with Crippen LogP contribution in [0.2, 0.25) is 0 Å². The highest BCUT2D eigenvalue weighted by Gasteiger charge is 2.45. The van der Waals surface area contributed by atoms with Crippen LogP contribution in [0.4, 0.5) is 0 Å². The van der Waals surface area contributed by atoms with Crippen LogP contribution in [0.3, 0.4) is 0 Å². The molecule has 1 N–H and O–H groups in total. The van der Waals surface area contributed by atoms with Gasteiger partial charge in [-0.15, -0.1) is 0 Å². The zero-order valence-electron chi connectivity index (χ0n) is 16.7. The summed E-state index contributed by atoms with van der Waals surface area (Å²) in [5.41, 5.74) is 2.27. The molecular formula is C23H24BrNO4. The Bertz CT molecular complexity index is 983. The predicted molar refractivity (Wildman–Crippen MR) is 116 cm³/mol. The molecule has 1 saturated heterocycles. The van der Waals surface area contributed by atoms with E-state index >= 15 is 0 Å². The Hall–Kier alpha value is -2.60. The molecule has 6 heteroatoms. The highest BCUT2D eigenvalue weighted by molar-refractivity contribution is 9.10. The highest BCUT2D eigenvalue weighted by Crippen LogP contribution is 2.40. The molecule has 0 aliphatic carbocycles. The molecule has 0 aromatic heterocycles. The van der Waals surface area contributed by atoms with Crippen LogP contribution >= 0.6 is 15.9 Å². The van der Waals surface area contributed by atoms with Crippen LogP contribution in [0, 0.1) is 6.92 Å². The molecule has 152 valence electrons. The Balaban J connectivity index is 2.19. The van der Waals surface area contributed by atoms with Crippen molar-refractivity contribution in [3.8, 4) is 5.75 Å². The number of aliphatic hydroxyl groups excluding tert-OH is 1. The maximum Gasteiger partial charge on any atom is 0.295 e. The first-order valence-corrected chi connectivity index (χ1v) is 10.4. The number of ketones is 1. The first kappa shape index (κ1) is 21.1. The molecule has 1 aliphatic rings. The Morgan fingerprint density at radius 2 is 1.97 bits per heavy atom.